The largest absolute Gasteiger partial charge is 0.354 e. The highest BCUT2D eigenvalue weighted by molar-refractivity contribution is 5.77. The van der Waals surface area contributed by atoms with Crippen LogP contribution in [0, 0.1) is 11.6 Å². The van der Waals surface area contributed by atoms with Crippen molar-refractivity contribution in [3.63, 3.8) is 0 Å². The van der Waals surface area contributed by atoms with Gasteiger partial charge in [-0.1, -0.05) is 6.07 Å². The molecule has 0 spiro atoms. The maximum Gasteiger partial charge on any atom is 0.222 e. The predicted molar refractivity (Wildman–Crippen MR) is 78.1 cm³/mol. The minimum Gasteiger partial charge on any atom is -0.354 e. The van der Waals surface area contributed by atoms with E-state index in [4.69, 9.17) is 0 Å². The van der Waals surface area contributed by atoms with E-state index < -0.39 is 11.6 Å². The summed E-state index contributed by atoms with van der Waals surface area (Å²) in [5, 5.41) is 2.75. The predicted octanol–water partition coefficient (Wildman–Crippen LogP) is 2.03. The molecule has 1 aliphatic heterocycles. The van der Waals surface area contributed by atoms with Crippen molar-refractivity contribution in [2.24, 2.45) is 0 Å². The number of amides is 2. The molecule has 22 heavy (non-hydrogen) atoms. The first-order valence-electron chi connectivity index (χ1n) is 7.54. The van der Waals surface area contributed by atoms with E-state index in [1.54, 1.807) is 4.90 Å². The molecule has 2 rings (SSSR count). The van der Waals surface area contributed by atoms with E-state index in [-0.39, 0.29) is 18.2 Å². The van der Waals surface area contributed by atoms with E-state index in [2.05, 4.69) is 5.32 Å². The average Bonchev–Trinajstić information content (AvgIpc) is 2.50. The van der Waals surface area contributed by atoms with Crippen LogP contribution in [0.3, 0.4) is 0 Å². The Labute approximate surface area is 128 Å². The number of carbonyl (C=O) groups excluding carboxylic acids is 2. The minimum absolute atomic E-state index is 0.141. The molecule has 0 bridgehead atoms. The van der Waals surface area contributed by atoms with Gasteiger partial charge in [-0.25, -0.2) is 8.78 Å². The summed E-state index contributed by atoms with van der Waals surface area (Å²) in [5.41, 5.74) is 0.584. The van der Waals surface area contributed by atoms with Crippen LogP contribution in [0.15, 0.2) is 18.2 Å². The standard InChI is InChI=1S/C16H20F2N2O2/c17-13-6-4-12(11-14(13)18)5-7-15(21)19-8-10-20-9-2-1-3-16(20)22/h4,6,11H,1-3,5,7-10H2,(H,19,21). The molecule has 0 aliphatic carbocycles. The van der Waals surface area contributed by atoms with E-state index in [0.29, 0.717) is 31.5 Å². The zero-order valence-electron chi connectivity index (χ0n) is 12.4. The first-order valence-corrected chi connectivity index (χ1v) is 7.54. The Morgan fingerprint density at radius 1 is 1.23 bits per heavy atom. The minimum atomic E-state index is -0.901. The Balaban J connectivity index is 1.67. The van der Waals surface area contributed by atoms with Gasteiger partial charge in [-0.3, -0.25) is 9.59 Å². The highest BCUT2D eigenvalue weighted by Gasteiger charge is 2.17. The number of rotatable bonds is 6. The second-order valence-electron chi connectivity index (χ2n) is 5.44. The smallest absolute Gasteiger partial charge is 0.222 e. The third-order valence-corrected chi connectivity index (χ3v) is 3.75. The Kier molecular flexibility index (Phi) is 5.86. The van der Waals surface area contributed by atoms with Gasteiger partial charge in [0.05, 0.1) is 0 Å². The molecule has 6 heteroatoms. The highest BCUT2D eigenvalue weighted by Crippen LogP contribution is 2.11. The fourth-order valence-electron chi connectivity index (χ4n) is 2.47. The Morgan fingerprint density at radius 2 is 2.05 bits per heavy atom. The second-order valence-corrected chi connectivity index (χ2v) is 5.44. The van der Waals surface area contributed by atoms with Crippen molar-refractivity contribution in [1.82, 2.24) is 10.2 Å². The summed E-state index contributed by atoms with van der Waals surface area (Å²) in [6.07, 6.45) is 3.10. The number of hydrogen-bond donors (Lipinski definition) is 1. The van der Waals surface area contributed by atoms with E-state index in [0.717, 1.165) is 31.5 Å². The van der Waals surface area contributed by atoms with Crippen LogP contribution >= 0.6 is 0 Å². The number of aryl methyl sites for hydroxylation is 1. The monoisotopic (exact) mass is 310 g/mol. The molecule has 1 saturated heterocycles. The maximum absolute atomic E-state index is 13.0. The lowest BCUT2D eigenvalue weighted by Gasteiger charge is -2.26. The fourth-order valence-corrected chi connectivity index (χ4v) is 2.47. The Hall–Kier alpha value is -1.98. The lowest BCUT2D eigenvalue weighted by molar-refractivity contribution is -0.133. The van der Waals surface area contributed by atoms with Gasteiger partial charge >= 0.3 is 0 Å². The number of likely N-dealkylation sites (tertiary alicyclic amines) is 1. The van der Waals surface area contributed by atoms with Gasteiger partial charge in [0.15, 0.2) is 11.6 Å². The van der Waals surface area contributed by atoms with Gasteiger partial charge in [-0.2, -0.15) is 0 Å². The number of benzene rings is 1. The molecule has 2 amide bonds. The summed E-state index contributed by atoms with van der Waals surface area (Å²) >= 11 is 0. The molecule has 1 aromatic carbocycles. The van der Waals surface area contributed by atoms with Gasteiger partial charge in [0.2, 0.25) is 11.8 Å². The van der Waals surface area contributed by atoms with Gasteiger partial charge in [-0.15, -0.1) is 0 Å². The summed E-state index contributed by atoms with van der Waals surface area (Å²) in [6, 6.07) is 3.64. The molecule has 0 radical (unpaired) electrons. The van der Waals surface area contributed by atoms with Crippen LogP contribution in [0.25, 0.3) is 0 Å². The number of halogens is 2. The summed E-state index contributed by atoms with van der Waals surface area (Å²) < 4.78 is 25.8. The number of nitrogens with zero attached hydrogens (tertiary/aromatic N) is 1. The maximum atomic E-state index is 13.0. The molecule has 120 valence electrons. The number of hydrogen-bond acceptors (Lipinski definition) is 2. The number of piperidine rings is 1. The van der Waals surface area contributed by atoms with Crippen LogP contribution in [-0.2, 0) is 16.0 Å². The molecule has 0 unspecified atom stereocenters. The third-order valence-electron chi connectivity index (χ3n) is 3.75. The zero-order valence-corrected chi connectivity index (χ0v) is 12.4. The van der Waals surface area contributed by atoms with Gasteiger partial charge in [-0.05, 0) is 37.0 Å². The lowest BCUT2D eigenvalue weighted by Crippen LogP contribution is -2.41. The van der Waals surface area contributed by atoms with Crippen molar-refractivity contribution in [2.45, 2.75) is 32.1 Å². The van der Waals surface area contributed by atoms with Crippen LogP contribution in [0.5, 0.6) is 0 Å². The zero-order chi connectivity index (χ0) is 15.9. The number of carbonyl (C=O) groups is 2. The SMILES string of the molecule is O=C(CCc1ccc(F)c(F)c1)NCCN1CCCCC1=O. The summed E-state index contributed by atoms with van der Waals surface area (Å²) in [6.45, 7) is 1.70. The van der Waals surface area contributed by atoms with Crippen LogP contribution < -0.4 is 5.32 Å². The molecule has 1 aromatic rings. The third kappa shape index (κ3) is 4.79. The quantitative estimate of drug-likeness (QED) is 0.874. The van der Waals surface area contributed by atoms with Crippen molar-refractivity contribution in [2.75, 3.05) is 19.6 Å². The van der Waals surface area contributed by atoms with Crippen molar-refractivity contribution < 1.29 is 18.4 Å². The van der Waals surface area contributed by atoms with Crippen molar-refractivity contribution >= 4 is 11.8 Å². The lowest BCUT2D eigenvalue weighted by atomic mass is 10.1. The van der Waals surface area contributed by atoms with Crippen molar-refractivity contribution in [3.05, 3.63) is 35.4 Å². The summed E-state index contributed by atoms with van der Waals surface area (Å²) in [4.78, 5) is 25.1. The molecule has 4 nitrogen and oxygen atoms in total. The topological polar surface area (TPSA) is 49.4 Å². The first kappa shape index (κ1) is 16.4. The van der Waals surface area contributed by atoms with E-state index in [1.165, 1.54) is 6.07 Å². The van der Waals surface area contributed by atoms with E-state index in [1.807, 2.05) is 0 Å². The molecule has 1 fully saturated rings. The van der Waals surface area contributed by atoms with Crippen LogP contribution in [0.4, 0.5) is 8.78 Å². The van der Waals surface area contributed by atoms with Crippen LogP contribution in [-0.4, -0.2) is 36.3 Å². The molecule has 1 heterocycles. The molecular weight excluding hydrogens is 290 g/mol. The van der Waals surface area contributed by atoms with Gasteiger partial charge in [0.25, 0.3) is 0 Å². The normalized spacial score (nSPS) is 15.0. The first-order chi connectivity index (χ1) is 10.6. The van der Waals surface area contributed by atoms with Crippen LogP contribution in [0.1, 0.15) is 31.2 Å². The highest BCUT2D eigenvalue weighted by atomic mass is 19.2. The van der Waals surface area contributed by atoms with Gasteiger partial charge in [0.1, 0.15) is 0 Å². The Morgan fingerprint density at radius 3 is 2.77 bits per heavy atom. The second kappa shape index (κ2) is 7.87. The average molecular weight is 310 g/mol. The van der Waals surface area contributed by atoms with Crippen molar-refractivity contribution in [3.8, 4) is 0 Å². The van der Waals surface area contributed by atoms with Gasteiger partial charge < -0.3 is 10.2 Å². The molecule has 0 aromatic heterocycles. The van der Waals surface area contributed by atoms with Crippen LogP contribution in [0.2, 0.25) is 0 Å². The molecular formula is C16H20F2N2O2. The molecule has 1 aliphatic rings. The molecule has 0 atom stereocenters. The van der Waals surface area contributed by atoms with Crippen molar-refractivity contribution in [1.29, 1.82) is 0 Å². The number of nitrogens with one attached hydrogen (secondary N) is 1. The summed E-state index contributed by atoms with van der Waals surface area (Å²) in [7, 11) is 0. The Bertz CT molecular complexity index is 549. The van der Waals surface area contributed by atoms with E-state index >= 15 is 0 Å². The van der Waals surface area contributed by atoms with Gasteiger partial charge in [0, 0.05) is 32.5 Å². The summed E-state index contributed by atoms with van der Waals surface area (Å²) in [5.74, 6) is -1.81. The fraction of sp³-hybridized carbons (Fsp3) is 0.500. The molecule has 1 N–H and O–H groups in total. The molecule has 0 saturated carbocycles. The van der Waals surface area contributed by atoms with E-state index in [9.17, 15) is 18.4 Å².